The van der Waals surface area contributed by atoms with Gasteiger partial charge in [0, 0.05) is 32.2 Å². The van der Waals surface area contributed by atoms with Crippen LogP contribution in [0.1, 0.15) is 36.9 Å². The summed E-state index contributed by atoms with van der Waals surface area (Å²) in [6.07, 6.45) is 3.41. The number of aryl methyl sites for hydroxylation is 1. The number of hydrogen-bond acceptors (Lipinski definition) is 3. The standard InChI is InChI=1S/C17H24N2OS/c1-3-17(21)19-10-8-18(9-11-19)16-7-5-13-4-6-14(20-2)12-15(13)16/h4,6,12,16H,3,5,7-11H2,1-2H3. The minimum atomic E-state index is 0.562. The topological polar surface area (TPSA) is 15.7 Å². The first-order chi connectivity index (χ1) is 10.2. The van der Waals surface area contributed by atoms with E-state index in [4.69, 9.17) is 17.0 Å². The smallest absolute Gasteiger partial charge is 0.119 e. The summed E-state index contributed by atoms with van der Waals surface area (Å²) in [6, 6.07) is 7.11. The van der Waals surface area contributed by atoms with Crippen LogP contribution in [0.2, 0.25) is 0 Å². The number of nitrogens with zero attached hydrogens (tertiary/aromatic N) is 2. The lowest BCUT2D eigenvalue weighted by Gasteiger charge is -2.39. The molecule has 21 heavy (non-hydrogen) atoms. The largest absolute Gasteiger partial charge is 0.497 e. The minimum absolute atomic E-state index is 0.562. The van der Waals surface area contributed by atoms with E-state index >= 15 is 0 Å². The molecule has 1 heterocycles. The van der Waals surface area contributed by atoms with Gasteiger partial charge < -0.3 is 9.64 Å². The number of methoxy groups -OCH3 is 1. The van der Waals surface area contributed by atoms with Crippen LogP contribution in [0.15, 0.2) is 18.2 Å². The maximum atomic E-state index is 5.44. The van der Waals surface area contributed by atoms with Gasteiger partial charge in [-0.15, -0.1) is 0 Å². The first-order valence-corrected chi connectivity index (χ1v) is 8.32. The summed E-state index contributed by atoms with van der Waals surface area (Å²) >= 11 is 5.44. The molecule has 4 heteroatoms. The van der Waals surface area contributed by atoms with Gasteiger partial charge in [0.2, 0.25) is 0 Å². The van der Waals surface area contributed by atoms with Crippen LogP contribution in [0.3, 0.4) is 0 Å². The van der Waals surface area contributed by atoms with Crippen LogP contribution in [0.25, 0.3) is 0 Å². The zero-order valence-electron chi connectivity index (χ0n) is 13.0. The second kappa shape index (κ2) is 6.32. The van der Waals surface area contributed by atoms with Gasteiger partial charge in [-0.2, -0.15) is 0 Å². The lowest BCUT2D eigenvalue weighted by molar-refractivity contribution is 0.132. The molecule has 1 atom stereocenters. The third kappa shape index (κ3) is 2.92. The summed E-state index contributed by atoms with van der Waals surface area (Å²) in [5.74, 6) is 0.978. The average molecular weight is 304 g/mol. The van der Waals surface area contributed by atoms with Crippen LogP contribution >= 0.6 is 12.2 Å². The molecule has 0 spiro atoms. The van der Waals surface area contributed by atoms with Gasteiger partial charge in [-0.25, -0.2) is 0 Å². The van der Waals surface area contributed by atoms with Gasteiger partial charge in [-0.05, 0) is 42.5 Å². The Morgan fingerprint density at radius 2 is 2.05 bits per heavy atom. The van der Waals surface area contributed by atoms with Gasteiger partial charge in [0.25, 0.3) is 0 Å². The average Bonchev–Trinajstić information content (AvgIpc) is 2.97. The second-order valence-corrected chi connectivity index (χ2v) is 6.36. The van der Waals surface area contributed by atoms with Gasteiger partial charge >= 0.3 is 0 Å². The van der Waals surface area contributed by atoms with Gasteiger partial charge in [-0.3, -0.25) is 4.90 Å². The highest BCUT2D eigenvalue weighted by Crippen LogP contribution is 2.38. The molecule has 0 saturated carbocycles. The molecule has 1 aliphatic carbocycles. The van der Waals surface area contributed by atoms with Crippen molar-refractivity contribution in [1.29, 1.82) is 0 Å². The summed E-state index contributed by atoms with van der Waals surface area (Å²) in [7, 11) is 1.75. The van der Waals surface area contributed by atoms with Crippen LogP contribution in [0.5, 0.6) is 5.75 Å². The van der Waals surface area contributed by atoms with Crippen molar-refractivity contribution in [3.63, 3.8) is 0 Å². The van der Waals surface area contributed by atoms with E-state index in [0.717, 1.165) is 43.3 Å². The molecule has 0 N–H and O–H groups in total. The molecule has 3 rings (SSSR count). The number of rotatable bonds is 3. The molecule has 0 bridgehead atoms. The molecule has 0 aromatic heterocycles. The van der Waals surface area contributed by atoms with Gasteiger partial charge in [0.05, 0.1) is 12.1 Å². The fourth-order valence-corrected chi connectivity index (χ4v) is 3.75. The molecule has 1 aromatic rings. The molecular weight excluding hydrogens is 280 g/mol. The molecular formula is C17H24N2OS. The molecule has 0 radical (unpaired) electrons. The maximum Gasteiger partial charge on any atom is 0.119 e. The minimum Gasteiger partial charge on any atom is -0.497 e. The third-order valence-corrected chi connectivity index (χ3v) is 5.36. The summed E-state index contributed by atoms with van der Waals surface area (Å²) in [5.41, 5.74) is 2.97. The Hall–Kier alpha value is -1.13. The van der Waals surface area contributed by atoms with Gasteiger partial charge in [0.1, 0.15) is 5.75 Å². The summed E-state index contributed by atoms with van der Waals surface area (Å²) < 4.78 is 5.39. The van der Waals surface area contributed by atoms with Gasteiger partial charge in [-0.1, -0.05) is 25.2 Å². The molecule has 2 aliphatic rings. The number of fused-ring (bicyclic) bond motifs is 1. The summed E-state index contributed by atoms with van der Waals surface area (Å²) in [5, 5.41) is 0. The first-order valence-electron chi connectivity index (χ1n) is 7.91. The number of ether oxygens (including phenoxy) is 1. The van der Waals surface area contributed by atoms with E-state index in [1.54, 1.807) is 7.11 Å². The SMILES string of the molecule is CCC(=S)N1CCN(C2CCc3ccc(OC)cc32)CC1. The predicted molar refractivity (Wildman–Crippen MR) is 90.1 cm³/mol. The normalized spacial score (nSPS) is 22.2. The van der Waals surface area contributed by atoms with Crippen molar-refractivity contribution in [3.05, 3.63) is 29.3 Å². The van der Waals surface area contributed by atoms with E-state index in [1.165, 1.54) is 24.0 Å². The number of benzene rings is 1. The van der Waals surface area contributed by atoms with Crippen molar-refractivity contribution in [2.75, 3.05) is 33.3 Å². The molecule has 1 aliphatic heterocycles. The fourth-order valence-electron chi connectivity index (χ4n) is 3.57. The Balaban J connectivity index is 1.69. The summed E-state index contributed by atoms with van der Waals surface area (Å²) in [6.45, 7) is 6.52. The molecule has 1 aromatic carbocycles. The Morgan fingerprint density at radius 3 is 2.71 bits per heavy atom. The second-order valence-electron chi connectivity index (χ2n) is 5.89. The van der Waals surface area contributed by atoms with Crippen molar-refractivity contribution in [3.8, 4) is 5.75 Å². The van der Waals surface area contributed by atoms with E-state index in [2.05, 4.69) is 34.9 Å². The van der Waals surface area contributed by atoms with Crippen molar-refractivity contribution in [2.45, 2.75) is 32.2 Å². The zero-order valence-corrected chi connectivity index (χ0v) is 13.8. The van der Waals surface area contributed by atoms with E-state index in [0.29, 0.717) is 6.04 Å². The number of thiocarbonyl (C=S) groups is 1. The highest BCUT2D eigenvalue weighted by molar-refractivity contribution is 7.80. The first kappa shape index (κ1) is 14.8. The molecule has 1 saturated heterocycles. The lowest BCUT2D eigenvalue weighted by atomic mass is 10.1. The van der Waals surface area contributed by atoms with Crippen LogP contribution in [-0.2, 0) is 6.42 Å². The molecule has 3 nitrogen and oxygen atoms in total. The molecule has 114 valence electrons. The Labute approximate surface area is 132 Å². The highest BCUT2D eigenvalue weighted by atomic mass is 32.1. The van der Waals surface area contributed by atoms with Crippen LogP contribution in [-0.4, -0.2) is 48.1 Å². The van der Waals surface area contributed by atoms with E-state index in [9.17, 15) is 0 Å². The maximum absolute atomic E-state index is 5.44. The fraction of sp³-hybridized carbons (Fsp3) is 0.588. The van der Waals surface area contributed by atoms with Crippen molar-refractivity contribution < 1.29 is 4.74 Å². The van der Waals surface area contributed by atoms with E-state index in [-0.39, 0.29) is 0 Å². The van der Waals surface area contributed by atoms with Crippen molar-refractivity contribution in [2.24, 2.45) is 0 Å². The van der Waals surface area contributed by atoms with Crippen LogP contribution in [0, 0.1) is 0 Å². The highest BCUT2D eigenvalue weighted by Gasteiger charge is 2.30. The predicted octanol–water partition coefficient (Wildman–Crippen LogP) is 3.04. The van der Waals surface area contributed by atoms with E-state index in [1.807, 2.05) is 0 Å². The molecule has 0 amide bonds. The number of piperazine rings is 1. The van der Waals surface area contributed by atoms with E-state index < -0.39 is 0 Å². The monoisotopic (exact) mass is 304 g/mol. The third-order valence-electron chi connectivity index (χ3n) is 4.81. The quantitative estimate of drug-likeness (QED) is 0.797. The van der Waals surface area contributed by atoms with Crippen LogP contribution < -0.4 is 4.74 Å². The molecule has 1 fully saturated rings. The Morgan fingerprint density at radius 1 is 1.29 bits per heavy atom. The summed E-state index contributed by atoms with van der Waals surface area (Å²) in [4.78, 5) is 6.11. The van der Waals surface area contributed by atoms with Gasteiger partial charge in [0.15, 0.2) is 0 Å². The lowest BCUT2D eigenvalue weighted by Crippen LogP contribution is -2.48. The zero-order chi connectivity index (χ0) is 14.8. The molecule has 1 unspecified atom stereocenters. The van der Waals surface area contributed by atoms with Crippen LogP contribution in [0.4, 0.5) is 0 Å². The number of hydrogen-bond donors (Lipinski definition) is 0. The van der Waals surface area contributed by atoms with Crippen molar-refractivity contribution in [1.82, 2.24) is 9.80 Å². The Bertz CT molecular complexity index is 524. The Kier molecular flexibility index (Phi) is 4.45. The van der Waals surface area contributed by atoms with Crippen molar-refractivity contribution >= 4 is 17.2 Å².